The van der Waals surface area contributed by atoms with Crippen LogP contribution >= 0.6 is 0 Å². The third kappa shape index (κ3) is 7.25. The van der Waals surface area contributed by atoms with Crippen molar-refractivity contribution in [2.24, 2.45) is 5.92 Å². The van der Waals surface area contributed by atoms with E-state index in [0.717, 1.165) is 31.2 Å². The number of ether oxygens (including phenoxy) is 1. The van der Waals surface area contributed by atoms with Gasteiger partial charge in [-0.3, -0.25) is 14.9 Å². The van der Waals surface area contributed by atoms with Crippen molar-refractivity contribution >= 4 is 17.8 Å². The van der Waals surface area contributed by atoms with Gasteiger partial charge >= 0.3 is 5.97 Å². The van der Waals surface area contributed by atoms with Crippen LogP contribution in [0.4, 0.5) is 5.95 Å². The molecule has 1 amide bonds. The molecule has 0 spiro atoms. The second-order valence-corrected chi connectivity index (χ2v) is 10.3. The quantitative estimate of drug-likeness (QED) is 0.426. The topological polar surface area (TPSA) is 94.3 Å². The lowest BCUT2D eigenvalue weighted by atomic mass is 9.77. The SMILES string of the molecule is CC(C)(C)OC(=O)CC1CCC(c2ccc(C(=O)Nc3noc(Cc4ccccc4)n3)cc2)CC1. The molecular formula is C28H33N3O4. The number of nitrogens with zero attached hydrogens (tertiary/aromatic N) is 2. The first-order valence-corrected chi connectivity index (χ1v) is 12.2. The molecule has 0 bridgehead atoms. The van der Waals surface area contributed by atoms with Gasteiger partial charge in [-0.15, -0.1) is 0 Å². The van der Waals surface area contributed by atoms with Crippen LogP contribution in [0.25, 0.3) is 0 Å². The summed E-state index contributed by atoms with van der Waals surface area (Å²) >= 11 is 0. The molecule has 0 unspecified atom stereocenters. The molecule has 4 rings (SSSR count). The Balaban J connectivity index is 1.26. The van der Waals surface area contributed by atoms with Crippen LogP contribution in [0.15, 0.2) is 59.1 Å². The number of carbonyl (C=O) groups is 2. The van der Waals surface area contributed by atoms with Crippen molar-refractivity contribution in [3.05, 3.63) is 77.2 Å². The molecule has 184 valence electrons. The van der Waals surface area contributed by atoms with Crippen molar-refractivity contribution in [2.45, 2.75) is 70.8 Å². The Kier molecular flexibility index (Phi) is 7.63. The van der Waals surface area contributed by atoms with Gasteiger partial charge in [0.05, 0.1) is 6.42 Å². The Morgan fingerprint density at radius 3 is 2.34 bits per heavy atom. The first-order valence-electron chi connectivity index (χ1n) is 12.2. The average Bonchev–Trinajstić information content (AvgIpc) is 3.25. The molecule has 1 heterocycles. The Labute approximate surface area is 206 Å². The second kappa shape index (κ2) is 10.8. The average molecular weight is 476 g/mol. The molecule has 7 heteroatoms. The highest BCUT2D eigenvalue weighted by molar-refractivity contribution is 6.03. The minimum Gasteiger partial charge on any atom is -0.460 e. The van der Waals surface area contributed by atoms with Crippen molar-refractivity contribution in [1.29, 1.82) is 0 Å². The third-order valence-corrected chi connectivity index (χ3v) is 6.26. The summed E-state index contributed by atoms with van der Waals surface area (Å²) in [5.41, 5.74) is 2.39. The van der Waals surface area contributed by atoms with Gasteiger partial charge in [0.15, 0.2) is 0 Å². The van der Waals surface area contributed by atoms with Crippen LogP contribution in [0.3, 0.4) is 0 Å². The number of nitrogens with one attached hydrogen (secondary N) is 1. The fourth-order valence-corrected chi connectivity index (χ4v) is 4.55. The van der Waals surface area contributed by atoms with Crippen molar-refractivity contribution < 1.29 is 18.8 Å². The number of amides is 1. The van der Waals surface area contributed by atoms with Gasteiger partial charge in [0.25, 0.3) is 11.9 Å². The molecule has 1 N–H and O–H groups in total. The summed E-state index contributed by atoms with van der Waals surface area (Å²) in [7, 11) is 0. The molecular weight excluding hydrogens is 442 g/mol. The van der Waals surface area contributed by atoms with Gasteiger partial charge in [-0.05, 0) is 86.7 Å². The summed E-state index contributed by atoms with van der Waals surface area (Å²) in [4.78, 5) is 29.0. The smallest absolute Gasteiger partial charge is 0.306 e. The zero-order chi connectivity index (χ0) is 24.8. The maximum Gasteiger partial charge on any atom is 0.306 e. The van der Waals surface area contributed by atoms with E-state index in [4.69, 9.17) is 9.26 Å². The highest BCUT2D eigenvalue weighted by Gasteiger charge is 2.26. The van der Waals surface area contributed by atoms with Crippen LogP contribution < -0.4 is 5.32 Å². The van der Waals surface area contributed by atoms with Crippen molar-refractivity contribution in [1.82, 2.24) is 10.1 Å². The maximum absolute atomic E-state index is 12.6. The fourth-order valence-electron chi connectivity index (χ4n) is 4.55. The van der Waals surface area contributed by atoms with Crippen LogP contribution in [0.1, 0.15) is 86.2 Å². The van der Waals surface area contributed by atoms with Crippen molar-refractivity contribution in [3.8, 4) is 0 Å². The van der Waals surface area contributed by atoms with Crippen LogP contribution in [0.5, 0.6) is 0 Å². The molecule has 3 aromatic rings. The number of carbonyl (C=O) groups excluding carboxylic acids is 2. The molecule has 1 fully saturated rings. The van der Waals surface area contributed by atoms with E-state index in [1.807, 2.05) is 75.4 Å². The molecule has 1 aliphatic carbocycles. The first-order chi connectivity index (χ1) is 16.7. The minimum absolute atomic E-state index is 0.106. The highest BCUT2D eigenvalue weighted by atomic mass is 16.6. The minimum atomic E-state index is -0.434. The number of benzene rings is 2. The Bertz CT molecular complexity index is 1130. The zero-order valence-electron chi connectivity index (χ0n) is 20.6. The highest BCUT2D eigenvalue weighted by Crippen LogP contribution is 2.37. The van der Waals surface area contributed by atoms with Crippen molar-refractivity contribution in [2.75, 3.05) is 5.32 Å². The molecule has 0 aliphatic heterocycles. The van der Waals surface area contributed by atoms with E-state index >= 15 is 0 Å². The first kappa shape index (κ1) is 24.6. The second-order valence-electron chi connectivity index (χ2n) is 10.3. The van der Waals surface area contributed by atoms with E-state index in [1.54, 1.807) is 0 Å². The summed E-state index contributed by atoms with van der Waals surface area (Å²) < 4.78 is 10.7. The lowest BCUT2D eigenvalue weighted by Crippen LogP contribution is -2.26. The van der Waals surface area contributed by atoms with E-state index in [1.165, 1.54) is 5.56 Å². The zero-order valence-corrected chi connectivity index (χ0v) is 20.6. The maximum atomic E-state index is 12.6. The van der Waals surface area contributed by atoms with Gasteiger partial charge < -0.3 is 9.26 Å². The van der Waals surface area contributed by atoms with Crippen LogP contribution in [0, 0.1) is 5.92 Å². The molecule has 1 aromatic heterocycles. The predicted molar refractivity (Wildman–Crippen MR) is 133 cm³/mol. The number of rotatable bonds is 7. The number of hydrogen-bond donors (Lipinski definition) is 1. The lowest BCUT2D eigenvalue weighted by Gasteiger charge is -2.29. The monoisotopic (exact) mass is 475 g/mol. The number of esters is 1. The summed E-state index contributed by atoms with van der Waals surface area (Å²) in [6, 6.07) is 17.5. The van der Waals surface area contributed by atoms with E-state index in [-0.39, 0.29) is 17.8 Å². The standard InChI is InChI=1S/C28H33N3O4/c1-28(2,3)34-25(32)18-20-9-11-21(12-10-20)22-13-15-23(16-14-22)26(33)30-27-29-24(35-31-27)17-19-7-5-4-6-8-19/h4-8,13-16,20-21H,9-12,17-18H2,1-3H3,(H,30,31,33). The van der Waals surface area contributed by atoms with E-state index in [0.29, 0.717) is 36.1 Å². The van der Waals surface area contributed by atoms with Crippen LogP contribution in [-0.4, -0.2) is 27.6 Å². The van der Waals surface area contributed by atoms with Crippen LogP contribution in [-0.2, 0) is 16.0 Å². The molecule has 0 saturated heterocycles. The number of aromatic nitrogens is 2. The predicted octanol–water partition coefficient (Wildman–Crippen LogP) is 5.92. The summed E-state index contributed by atoms with van der Waals surface area (Å²) in [5.74, 6) is 1.06. The Morgan fingerprint density at radius 1 is 1.00 bits per heavy atom. The van der Waals surface area contributed by atoms with Gasteiger partial charge in [0.1, 0.15) is 5.60 Å². The Hall–Kier alpha value is -3.48. The van der Waals surface area contributed by atoms with Crippen molar-refractivity contribution in [3.63, 3.8) is 0 Å². The third-order valence-electron chi connectivity index (χ3n) is 6.26. The Morgan fingerprint density at radius 2 is 1.69 bits per heavy atom. The van der Waals surface area contributed by atoms with E-state index < -0.39 is 5.60 Å². The number of hydrogen-bond acceptors (Lipinski definition) is 6. The molecule has 1 saturated carbocycles. The summed E-state index contributed by atoms with van der Waals surface area (Å²) in [5, 5.41) is 6.57. The molecule has 7 nitrogen and oxygen atoms in total. The molecule has 1 aliphatic rings. The summed E-state index contributed by atoms with van der Waals surface area (Å²) in [6.45, 7) is 5.70. The largest absolute Gasteiger partial charge is 0.460 e. The van der Waals surface area contributed by atoms with Crippen LogP contribution in [0.2, 0.25) is 0 Å². The normalized spacial score (nSPS) is 18.1. The van der Waals surface area contributed by atoms with Gasteiger partial charge in [-0.2, -0.15) is 4.98 Å². The fraction of sp³-hybridized carbons (Fsp3) is 0.429. The molecule has 2 aromatic carbocycles. The lowest BCUT2D eigenvalue weighted by molar-refractivity contribution is -0.156. The number of anilines is 1. The molecule has 0 atom stereocenters. The van der Waals surface area contributed by atoms with Gasteiger partial charge in [0.2, 0.25) is 5.89 Å². The van der Waals surface area contributed by atoms with Gasteiger partial charge in [0, 0.05) is 12.0 Å². The van der Waals surface area contributed by atoms with E-state index in [9.17, 15) is 9.59 Å². The van der Waals surface area contributed by atoms with Gasteiger partial charge in [-0.25, -0.2) is 0 Å². The molecule has 35 heavy (non-hydrogen) atoms. The summed E-state index contributed by atoms with van der Waals surface area (Å²) in [6.07, 6.45) is 5.09. The van der Waals surface area contributed by atoms with E-state index in [2.05, 4.69) is 15.5 Å². The molecule has 0 radical (unpaired) electrons. The van der Waals surface area contributed by atoms with Gasteiger partial charge in [-0.1, -0.05) is 42.5 Å².